The summed E-state index contributed by atoms with van der Waals surface area (Å²) in [6, 6.07) is 0. The molecule has 1 aromatic heterocycles. The van der Waals surface area contributed by atoms with Gasteiger partial charge in [-0.15, -0.1) is 0 Å². The van der Waals surface area contributed by atoms with E-state index in [2.05, 4.69) is 11.9 Å². The number of hydrogen-bond donors (Lipinski definition) is 0. The van der Waals surface area contributed by atoms with Crippen molar-refractivity contribution in [1.82, 2.24) is 4.98 Å². The van der Waals surface area contributed by atoms with Gasteiger partial charge in [-0.25, -0.2) is 4.39 Å². The highest BCUT2D eigenvalue weighted by Crippen LogP contribution is 2.44. The van der Waals surface area contributed by atoms with Crippen LogP contribution in [0.25, 0.3) is 0 Å². The molecule has 0 saturated heterocycles. The minimum absolute atomic E-state index is 0.00386. The van der Waals surface area contributed by atoms with Gasteiger partial charge in [0.25, 0.3) is 5.95 Å². The number of rotatable bonds is 5. The highest BCUT2D eigenvalue weighted by molar-refractivity contribution is 5.34. The predicted octanol–water partition coefficient (Wildman–Crippen LogP) is 7.01. The van der Waals surface area contributed by atoms with Gasteiger partial charge in [0.05, 0.1) is 0 Å². The maximum absolute atomic E-state index is 14.7. The van der Waals surface area contributed by atoms with E-state index >= 15 is 0 Å². The summed E-state index contributed by atoms with van der Waals surface area (Å²) in [5.41, 5.74) is 0.724. The second kappa shape index (κ2) is 8.55. The molecule has 0 N–H and O–H groups in total. The van der Waals surface area contributed by atoms with Crippen molar-refractivity contribution in [2.45, 2.75) is 95.8 Å². The summed E-state index contributed by atoms with van der Waals surface area (Å²) >= 11 is 0. The summed E-state index contributed by atoms with van der Waals surface area (Å²) in [7, 11) is 0. The van der Waals surface area contributed by atoms with E-state index in [1.54, 1.807) is 0 Å². The second-order valence-corrected chi connectivity index (χ2v) is 8.03. The van der Waals surface area contributed by atoms with Crippen molar-refractivity contribution in [2.75, 3.05) is 0 Å². The molecule has 0 radical (unpaired) electrons. The smallest absolute Gasteiger partial charge is 0.202 e. The molecule has 0 bridgehead atoms. The molecular weight excluding hydrogens is 323 g/mol. The largest absolute Gasteiger partial charge is 0.251 e. The molecule has 0 aliphatic heterocycles. The minimum Gasteiger partial charge on any atom is -0.202 e. The Balaban J connectivity index is 1.84. The summed E-state index contributed by atoms with van der Waals surface area (Å²) in [6.07, 6.45) is 12.4. The van der Waals surface area contributed by atoms with Crippen molar-refractivity contribution in [3.63, 3.8) is 0 Å². The Morgan fingerprint density at radius 1 is 0.800 bits per heavy atom. The summed E-state index contributed by atoms with van der Waals surface area (Å²) < 4.78 is 43.1. The molecule has 4 heteroatoms. The van der Waals surface area contributed by atoms with Gasteiger partial charge in [-0.1, -0.05) is 45.4 Å². The van der Waals surface area contributed by atoms with E-state index in [1.807, 2.05) is 0 Å². The van der Waals surface area contributed by atoms with Crippen LogP contribution in [0.2, 0.25) is 0 Å². The van der Waals surface area contributed by atoms with Crippen molar-refractivity contribution >= 4 is 0 Å². The van der Waals surface area contributed by atoms with Crippen LogP contribution >= 0.6 is 0 Å². The van der Waals surface area contributed by atoms with Crippen LogP contribution in [0.4, 0.5) is 13.2 Å². The van der Waals surface area contributed by atoms with Crippen LogP contribution in [-0.4, -0.2) is 4.98 Å². The van der Waals surface area contributed by atoms with Crippen LogP contribution in [0, 0.1) is 23.6 Å². The zero-order valence-corrected chi connectivity index (χ0v) is 15.3. The number of unbranched alkanes of at least 4 members (excludes halogenated alkanes) is 1. The standard InChI is InChI=1S/C21H30F3N/c1-2-3-7-14-10-12-16(13-11-14)17-18(15-8-5-4-6-9-15)20(23)25-21(24)19(17)22/h14-16H,2-13H2,1H3. The molecule has 2 fully saturated rings. The lowest BCUT2D eigenvalue weighted by atomic mass is 9.73. The first-order valence-corrected chi connectivity index (χ1v) is 10.2. The first kappa shape index (κ1) is 18.7. The number of pyridine rings is 1. The van der Waals surface area contributed by atoms with Gasteiger partial charge in [0.1, 0.15) is 0 Å². The van der Waals surface area contributed by atoms with Crippen LogP contribution in [-0.2, 0) is 0 Å². The molecule has 0 aromatic carbocycles. The lowest BCUT2D eigenvalue weighted by molar-refractivity contribution is 0.292. The monoisotopic (exact) mass is 353 g/mol. The molecule has 140 valence electrons. The lowest BCUT2D eigenvalue weighted by Gasteiger charge is -2.32. The normalized spacial score (nSPS) is 25.3. The number of nitrogens with zero attached hydrogens (tertiary/aromatic N) is 1. The summed E-state index contributed by atoms with van der Waals surface area (Å²) in [5.74, 6) is -2.28. The number of aromatic nitrogens is 1. The third kappa shape index (κ3) is 4.20. The molecular formula is C21H30F3N. The Kier molecular flexibility index (Phi) is 6.40. The third-order valence-corrected chi connectivity index (χ3v) is 6.36. The Morgan fingerprint density at radius 3 is 2.08 bits per heavy atom. The average Bonchev–Trinajstić information content (AvgIpc) is 2.64. The summed E-state index contributed by atoms with van der Waals surface area (Å²) in [5, 5.41) is 0. The van der Waals surface area contributed by atoms with Crippen LogP contribution in [0.3, 0.4) is 0 Å². The van der Waals surface area contributed by atoms with Gasteiger partial charge >= 0.3 is 0 Å². The molecule has 25 heavy (non-hydrogen) atoms. The van der Waals surface area contributed by atoms with Gasteiger partial charge in [0, 0.05) is 11.1 Å². The van der Waals surface area contributed by atoms with Crippen molar-refractivity contribution in [2.24, 2.45) is 5.92 Å². The number of halogens is 3. The first-order valence-electron chi connectivity index (χ1n) is 10.2. The average molecular weight is 353 g/mol. The fourth-order valence-corrected chi connectivity index (χ4v) is 4.95. The van der Waals surface area contributed by atoms with Crippen LogP contribution in [0.1, 0.15) is 107 Å². The Bertz CT molecular complexity index is 573. The minimum atomic E-state index is -1.26. The van der Waals surface area contributed by atoms with Crippen LogP contribution in [0.5, 0.6) is 0 Å². The Labute approximate surface area is 149 Å². The molecule has 1 heterocycles. The molecule has 2 saturated carbocycles. The van der Waals surface area contributed by atoms with E-state index in [4.69, 9.17) is 0 Å². The first-order chi connectivity index (χ1) is 12.1. The third-order valence-electron chi connectivity index (χ3n) is 6.36. The maximum atomic E-state index is 14.7. The Hall–Kier alpha value is -1.06. The van der Waals surface area contributed by atoms with Gasteiger partial charge in [-0.05, 0) is 56.3 Å². The van der Waals surface area contributed by atoms with E-state index in [0.29, 0.717) is 17.0 Å². The summed E-state index contributed by atoms with van der Waals surface area (Å²) in [6.45, 7) is 2.19. The zero-order valence-electron chi connectivity index (χ0n) is 15.3. The van der Waals surface area contributed by atoms with Crippen molar-refractivity contribution < 1.29 is 13.2 Å². The van der Waals surface area contributed by atoms with Crippen LogP contribution < -0.4 is 0 Å². The van der Waals surface area contributed by atoms with E-state index in [1.165, 1.54) is 19.3 Å². The van der Waals surface area contributed by atoms with E-state index in [0.717, 1.165) is 57.8 Å². The van der Waals surface area contributed by atoms with Gasteiger partial charge in [-0.2, -0.15) is 13.8 Å². The maximum Gasteiger partial charge on any atom is 0.251 e. The fourth-order valence-electron chi connectivity index (χ4n) is 4.95. The van der Waals surface area contributed by atoms with Crippen molar-refractivity contribution in [1.29, 1.82) is 0 Å². The Morgan fingerprint density at radius 2 is 1.44 bits per heavy atom. The summed E-state index contributed by atoms with van der Waals surface area (Å²) in [4.78, 5) is 3.25. The molecule has 0 atom stereocenters. The molecule has 2 aliphatic carbocycles. The predicted molar refractivity (Wildman–Crippen MR) is 94.2 cm³/mol. The second-order valence-electron chi connectivity index (χ2n) is 8.03. The topological polar surface area (TPSA) is 12.9 Å². The molecule has 0 spiro atoms. The lowest BCUT2D eigenvalue weighted by Crippen LogP contribution is -2.20. The van der Waals surface area contributed by atoms with Crippen molar-refractivity contribution in [3.8, 4) is 0 Å². The number of hydrogen-bond acceptors (Lipinski definition) is 1. The quantitative estimate of drug-likeness (QED) is 0.519. The van der Waals surface area contributed by atoms with Crippen LogP contribution in [0.15, 0.2) is 0 Å². The molecule has 2 aliphatic rings. The molecule has 1 aromatic rings. The SMILES string of the molecule is CCCCC1CCC(c2c(F)c(F)nc(F)c2C2CCCCC2)CC1. The molecule has 3 rings (SSSR count). The fraction of sp³-hybridized carbons (Fsp3) is 0.762. The van der Waals surface area contributed by atoms with E-state index < -0.39 is 17.7 Å². The zero-order chi connectivity index (χ0) is 17.8. The van der Waals surface area contributed by atoms with Gasteiger partial charge in [0.2, 0.25) is 5.95 Å². The van der Waals surface area contributed by atoms with Gasteiger partial charge in [0.15, 0.2) is 5.82 Å². The highest BCUT2D eigenvalue weighted by Gasteiger charge is 2.33. The molecule has 0 amide bonds. The van der Waals surface area contributed by atoms with Gasteiger partial charge in [-0.3, -0.25) is 0 Å². The highest BCUT2D eigenvalue weighted by atomic mass is 19.2. The van der Waals surface area contributed by atoms with E-state index in [-0.39, 0.29) is 11.8 Å². The molecule has 0 unspecified atom stereocenters. The molecule has 1 nitrogen and oxygen atoms in total. The van der Waals surface area contributed by atoms with Crippen molar-refractivity contribution in [3.05, 3.63) is 28.8 Å². The van der Waals surface area contributed by atoms with Gasteiger partial charge < -0.3 is 0 Å². The van der Waals surface area contributed by atoms with E-state index in [9.17, 15) is 13.2 Å².